The summed E-state index contributed by atoms with van der Waals surface area (Å²) in [4.78, 5) is 26.7. The van der Waals surface area contributed by atoms with E-state index in [4.69, 9.17) is 20.2 Å². The summed E-state index contributed by atoms with van der Waals surface area (Å²) in [6, 6.07) is 14.0. The highest BCUT2D eigenvalue weighted by Gasteiger charge is 2.63. The lowest BCUT2D eigenvalue weighted by Gasteiger charge is -2.35. The maximum absolute atomic E-state index is 13.4. The highest BCUT2D eigenvalue weighted by atomic mass is 16.5. The number of nitrogens with two attached hydrogens (primary N) is 1. The molecule has 1 aliphatic heterocycles. The number of nitrogen functional groups attached to an aromatic ring is 1. The van der Waals surface area contributed by atoms with E-state index in [2.05, 4.69) is 35.9 Å². The lowest BCUT2D eigenvalue weighted by Crippen LogP contribution is -2.50. The average Bonchev–Trinajstić information content (AvgIpc) is 3.44. The van der Waals surface area contributed by atoms with Crippen LogP contribution in [0.15, 0.2) is 42.5 Å². The first-order chi connectivity index (χ1) is 16.3. The second kappa shape index (κ2) is 8.34. The number of methoxy groups -OCH3 is 2. The number of amides is 1. The molecule has 1 aliphatic carbocycles. The molecule has 2 aromatic carbocycles. The van der Waals surface area contributed by atoms with Gasteiger partial charge in [0.1, 0.15) is 5.82 Å². The fraction of sp³-hybridized carbons (Fsp3) is 0.423. The molecule has 2 heterocycles. The third-order valence-corrected chi connectivity index (χ3v) is 7.35. The van der Waals surface area contributed by atoms with E-state index in [1.807, 2.05) is 29.2 Å². The van der Waals surface area contributed by atoms with E-state index >= 15 is 0 Å². The number of ether oxygens (including phenoxy) is 2. The Labute approximate surface area is 199 Å². The molecule has 0 bridgehead atoms. The normalized spacial score (nSPS) is 21.4. The predicted molar refractivity (Wildman–Crippen MR) is 132 cm³/mol. The molecule has 2 aliphatic rings. The van der Waals surface area contributed by atoms with Crippen molar-refractivity contribution in [2.24, 2.45) is 11.3 Å². The molecule has 0 spiro atoms. The summed E-state index contributed by atoms with van der Waals surface area (Å²) in [5.41, 5.74) is 8.19. The Balaban J connectivity index is 1.30. The van der Waals surface area contributed by atoms with Crippen LogP contribution >= 0.6 is 0 Å². The maximum atomic E-state index is 13.4. The molecule has 1 aromatic heterocycles. The third-order valence-electron chi connectivity index (χ3n) is 7.35. The summed E-state index contributed by atoms with van der Waals surface area (Å²) in [5, 5.41) is 0.720. The zero-order valence-corrected chi connectivity index (χ0v) is 20.1. The minimum absolute atomic E-state index is 0.0222. The fourth-order valence-corrected chi connectivity index (χ4v) is 5.31. The van der Waals surface area contributed by atoms with E-state index in [1.54, 1.807) is 20.3 Å². The standard InChI is InChI=1S/C26H31N5O3/c1-26(2)21(16-8-6-5-7-9-16)22(26)24(32)30-10-12-31(13-11-30)25-28-18-15-20(34-4)19(33-3)14-17(18)23(27)29-25/h5-9,14-15,21-22H,10-13H2,1-4H3,(H2,27,28,29). The van der Waals surface area contributed by atoms with E-state index in [9.17, 15) is 4.79 Å². The quantitative estimate of drug-likeness (QED) is 0.623. The lowest BCUT2D eigenvalue weighted by atomic mass is 10.0. The van der Waals surface area contributed by atoms with Crippen LogP contribution in [-0.2, 0) is 4.79 Å². The van der Waals surface area contributed by atoms with Crippen LogP contribution < -0.4 is 20.1 Å². The second-order valence-electron chi connectivity index (χ2n) is 9.63. The Morgan fingerprint density at radius 3 is 2.29 bits per heavy atom. The number of nitrogens with zero attached hydrogens (tertiary/aromatic N) is 4. The number of carbonyl (C=O) groups is 1. The SMILES string of the molecule is COc1cc2nc(N3CCN(C(=O)C4C(c5ccccc5)C4(C)C)CC3)nc(N)c2cc1OC. The van der Waals surface area contributed by atoms with Crippen molar-refractivity contribution in [3.63, 3.8) is 0 Å². The highest BCUT2D eigenvalue weighted by molar-refractivity contribution is 5.92. The van der Waals surface area contributed by atoms with Crippen LogP contribution in [0.3, 0.4) is 0 Å². The van der Waals surface area contributed by atoms with Gasteiger partial charge in [-0.3, -0.25) is 4.79 Å². The smallest absolute Gasteiger partial charge is 0.228 e. The molecule has 2 atom stereocenters. The summed E-state index contributed by atoms with van der Waals surface area (Å²) in [5.74, 6) is 2.68. The van der Waals surface area contributed by atoms with Gasteiger partial charge in [-0.2, -0.15) is 4.98 Å². The van der Waals surface area contributed by atoms with Crippen molar-refractivity contribution in [2.45, 2.75) is 19.8 Å². The number of benzene rings is 2. The third kappa shape index (κ3) is 3.67. The van der Waals surface area contributed by atoms with Gasteiger partial charge in [-0.1, -0.05) is 44.2 Å². The van der Waals surface area contributed by atoms with Crippen molar-refractivity contribution < 1.29 is 14.3 Å². The molecule has 1 amide bonds. The minimum atomic E-state index is -0.0222. The number of fused-ring (bicyclic) bond motifs is 1. The van der Waals surface area contributed by atoms with Crippen LogP contribution in [0.25, 0.3) is 10.9 Å². The van der Waals surface area contributed by atoms with Gasteiger partial charge >= 0.3 is 0 Å². The van der Waals surface area contributed by atoms with E-state index < -0.39 is 0 Å². The molecule has 178 valence electrons. The lowest BCUT2D eigenvalue weighted by molar-refractivity contribution is -0.133. The molecular formula is C26H31N5O3. The molecule has 2 unspecified atom stereocenters. The van der Waals surface area contributed by atoms with Crippen LogP contribution in [-0.4, -0.2) is 61.2 Å². The van der Waals surface area contributed by atoms with E-state index in [-0.39, 0.29) is 23.2 Å². The second-order valence-corrected chi connectivity index (χ2v) is 9.63. The first-order valence-corrected chi connectivity index (χ1v) is 11.6. The van der Waals surface area contributed by atoms with Crippen LogP contribution in [0.4, 0.5) is 11.8 Å². The van der Waals surface area contributed by atoms with E-state index in [1.165, 1.54) is 5.56 Å². The van der Waals surface area contributed by atoms with Crippen molar-refractivity contribution in [1.82, 2.24) is 14.9 Å². The topological polar surface area (TPSA) is 93.8 Å². The molecule has 34 heavy (non-hydrogen) atoms. The van der Waals surface area contributed by atoms with Crippen molar-refractivity contribution in [3.05, 3.63) is 48.0 Å². The first kappa shape index (κ1) is 22.3. The molecule has 5 rings (SSSR count). The molecule has 8 heteroatoms. The molecule has 0 radical (unpaired) electrons. The summed E-state index contributed by atoms with van der Waals surface area (Å²) < 4.78 is 10.8. The van der Waals surface area contributed by atoms with Gasteiger partial charge in [-0.15, -0.1) is 0 Å². The van der Waals surface area contributed by atoms with Crippen LogP contribution in [0, 0.1) is 11.3 Å². The summed E-state index contributed by atoms with van der Waals surface area (Å²) in [7, 11) is 3.18. The summed E-state index contributed by atoms with van der Waals surface area (Å²) in [6.45, 7) is 6.98. The Morgan fingerprint density at radius 1 is 1.00 bits per heavy atom. The zero-order valence-electron chi connectivity index (χ0n) is 20.1. The van der Waals surface area contributed by atoms with Crippen molar-refractivity contribution in [3.8, 4) is 11.5 Å². The average molecular weight is 462 g/mol. The molecule has 1 saturated carbocycles. The maximum Gasteiger partial charge on any atom is 0.228 e. The van der Waals surface area contributed by atoms with Gasteiger partial charge < -0.3 is 25.0 Å². The number of hydrogen-bond acceptors (Lipinski definition) is 7. The molecule has 3 aromatic rings. The monoisotopic (exact) mass is 461 g/mol. The molecule has 8 nitrogen and oxygen atoms in total. The Hall–Kier alpha value is -3.55. The fourth-order valence-electron chi connectivity index (χ4n) is 5.31. The predicted octanol–water partition coefficient (Wildman–Crippen LogP) is 3.32. The minimum Gasteiger partial charge on any atom is -0.493 e. The van der Waals surface area contributed by atoms with E-state index in [0.29, 0.717) is 55.0 Å². The highest BCUT2D eigenvalue weighted by Crippen LogP contribution is 2.64. The van der Waals surface area contributed by atoms with Crippen LogP contribution in [0.5, 0.6) is 11.5 Å². The van der Waals surface area contributed by atoms with E-state index in [0.717, 1.165) is 5.39 Å². The first-order valence-electron chi connectivity index (χ1n) is 11.6. The molecule has 1 saturated heterocycles. The van der Waals surface area contributed by atoms with Crippen molar-refractivity contribution in [1.29, 1.82) is 0 Å². The number of rotatable bonds is 5. The van der Waals surface area contributed by atoms with Gasteiger partial charge in [-0.25, -0.2) is 4.98 Å². The van der Waals surface area contributed by atoms with Gasteiger partial charge in [0.05, 0.1) is 25.7 Å². The molecular weight excluding hydrogens is 430 g/mol. The largest absolute Gasteiger partial charge is 0.493 e. The summed E-state index contributed by atoms with van der Waals surface area (Å²) in [6.07, 6.45) is 0. The summed E-state index contributed by atoms with van der Waals surface area (Å²) >= 11 is 0. The Morgan fingerprint density at radius 2 is 1.65 bits per heavy atom. The number of hydrogen-bond donors (Lipinski definition) is 1. The Bertz CT molecular complexity index is 1220. The molecule has 2 fully saturated rings. The zero-order chi connectivity index (χ0) is 24.0. The molecule has 2 N–H and O–H groups in total. The van der Waals surface area contributed by atoms with Gasteiger partial charge in [0.15, 0.2) is 11.5 Å². The van der Waals surface area contributed by atoms with Gasteiger partial charge in [0.25, 0.3) is 0 Å². The number of carbonyl (C=O) groups excluding carboxylic acids is 1. The number of piperazine rings is 1. The van der Waals surface area contributed by atoms with Crippen molar-refractivity contribution >= 4 is 28.6 Å². The van der Waals surface area contributed by atoms with Crippen LogP contribution in [0.2, 0.25) is 0 Å². The van der Waals surface area contributed by atoms with Gasteiger partial charge in [0, 0.05) is 43.5 Å². The Kier molecular flexibility index (Phi) is 5.46. The van der Waals surface area contributed by atoms with Gasteiger partial charge in [0.2, 0.25) is 11.9 Å². The van der Waals surface area contributed by atoms with Crippen LogP contribution in [0.1, 0.15) is 25.3 Å². The number of anilines is 2. The number of aromatic nitrogens is 2. The van der Waals surface area contributed by atoms with Crippen molar-refractivity contribution in [2.75, 3.05) is 51.0 Å². The van der Waals surface area contributed by atoms with Gasteiger partial charge in [-0.05, 0) is 17.0 Å².